The number of carbonyl (C=O) groups excluding carboxylic acids is 1. The number of aromatic nitrogens is 4. The molecule has 0 spiro atoms. The molecule has 294 valence electrons. The number of halogens is 2. The van der Waals surface area contributed by atoms with Gasteiger partial charge in [-0.3, -0.25) is 14.5 Å². The smallest absolute Gasteiger partial charge is 0.410 e. The van der Waals surface area contributed by atoms with Gasteiger partial charge in [-0.05, 0) is 117 Å². The quantitative estimate of drug-likeness (QED) is 0.138. The maximum Gasteiger partial charge on any atom is 0.410 e. The monoisotopic (exact) mass is 893 g/mol. The SMILES string of the molecule is C1CCNCC1.O=C(OCC1c2ccccc2-c2ccccc21)N1CCCC1c1nc2cc(Br)ccc2c(=O)[nH]1.O=c1[nH]c(C2CCCN2)nc2cc(Br)ccc12. The van der Waals surface area contributed by atoms with Crippen molar-refractivity contribution in [1.82, 2.24) is 35.5 Å². The van der Waals surface area contributed by atoms with E-state index in [2.05, 4.69) is 86.7 Å². The van der Waals surface area contributed by atoms with Gasteiger partial charge in [0.1, 0.15) is 18.3 Å². The van der Waals surface area contributed by atoms with E-state index in [1.54, 1.807) is 17.0 Å². The minimum absolute atomic E-state index is 0.00774. The van der Waals surface area contributed by atoms with Gasteiger partial charge < -0.3 is 25.3 Å². The van der Waals surface area contributed by atoms with Crippen molar-refractivity contribution in [2.75, 3.05) is 32.8 Å². The van der Waals surface area contributed by atoms with Crippen LogP contribution in [0.5, 0.6) is 0 Å². The van der Waals surface area contributed by atoms with Crippen LogP contribution in [-0.2, 0) is 4.74 Å². The number of carbonyl (C=O) groups is 1. The second-order valence-corrected chi connectivity index (χ2v) is 16.7. The highest BCUT2D eigenvalue weighted by molar-refractivity contribution is 9.10. The van der Waals surface area contributed by atoms with Crippen molar-refractivity contribution in [1.29, 1.82) is 0 Å². The summed E-state index contributed by atoms with van der Waals surface area (Å²) in [5.41, 5.74) is 5.84. The van der Waals surface area contributed by atoms with Crippen molar-refractivity contribution < 1.29 is 9.53 Å². The molecule has 4 aromatic carbocycles. The fourth-order valence-electron chi connectivity index (χ4n) is 8.25. The lowest BCUT2D eigenvalue weighted by atomic mass is 9.98. The Morgan fingerprint density at radius 2 is 1.30 bits per heavy atom. The molecule has 3 saturated heterocycles. The summed E-state index contributed by atoms with van der Waals surface area (Å²) in [5.74, 6) is 1.26. The van der Waals surface area contributed by atoms with Gasteiger partial charge in [0.05, 0.1) is 33.9 Å². The molecule has 3 fully saturated rings. The molecule has 5 heterocycles. The largest absolute Gasteiger partial charge is 0.448 e. The standard InChI is InChI=1S/C27H22BrN3O3.C12H12BrN3O.C5H11N/c28-16-11-12-21-23(14-16)29-25(30-26(21)32)24-10-5-13-31(24)27(33)34-15-22-19-8-3-1-6-17(19)18-7-2-4-9-20(18)22;13-7-3-4-8-10(6-7)15-11(16-12(8)17)9-2-1-5-14-9;1-2-4-6-5-3-1/h1-4,6-9,11-12,14,22,24H,5,10,13,15H2,(H,29,30,32);3-4,6,9,14H,1-2,5H2,(H,15,16,17);6H,1-5H2. The number of amides is 1. The number of likely N-dealkylation sites (tertiary alicyclic amines) is 1. The van der Waals surface area contributed by atoms with Crippen molar-refractivity contribution in [3.63, 3.8) is 0 Å². The lowest BCUT2D eigenvalue weighted by molar-refractivity contribution is 0.0943. The molecule has 2 unspecified atom stereocenters. The number of nitrogens with zero attached hydrogens (tertiary/aromatic N) is 3. The Bertz CT molecular complexity index is 2460. The molecule has 10 rings (SSSR count). The minimum Gasteiger partial charge on any atom is -0.448 e. The highest BCUT2D eigenvalue weighted by Gasteiger charge is 2.35. The second-order valence-electron chi connectivity index (χ2n) is 14.8. The van der Waals surface area contributed by atoms with E-state index in [1.165, 1.54) is 54.6 Å². The third-order valence-electron chi connectivity index (χ3n) is 11.1. The second kappa shape index (κ2) is 17.8. The fourth-order valence-corrected chi connectivity index (χ4v) is 8.95. The highest BCUT2D eigenvalue weighted by atomic mass is 79.9. The average molecular weight is 896 g/mol. The summed E-state index contributed by atoms with van der Waals surface area (Å²) in [6, 6.07) is 27.3. The summed E-state index contributed by atoms with van der Waals surface area (Å²) in [7, 11) is 0. The van der Waals surface area contributed by atoms with E-state index in [-0.39, 0.29) is 41.8 Å². The number of hydrogen-bond acceptors (Lipinski definition) is 8. The molecule has 0 bridgehead atoms. The molecule has 2 aromatic heterocycles. The molecule has 6 aromatic rings. The third kappa shape index (κ3) is 8.76. The zero-order valence-corrected chi connectivity index (χ0v) is 34.7. The predicted molar refractivity (Wildman–Crippen MR) is 231 cm³/mol. The first-order valence-corrected chi connectivity index (χ1v) is 21.4. The van der Waals surface area contributed by atoms with Gasteiger partial charge in [0.2, 0.25) is 0 Å². The van der Waals surface area contributed by atoms with Gasteiger partial charge in [0.25, 0.3) is 11.1 Å². The maximum atomic E-state index is 13.2. The van der Waals surface area contributed by atoms with Gasteiger partial charge in [-0.1, -0.05) is 86.8 Å². The maximum absolute atomic E-state index is 13.2. The van der Waals surface area contributed by atoms with Crippen LogP contribution >= 0.6 is 31.9 Å². The van der Waals surface area contributed by atoms with E-state index in [0.717, 1.165) is 52.5 Å². The summed E-state index contributed by atoms with van der Waals surface area (Å²) >= 11 is 6.84. The molecule has 0 radical (unpaired) electrons. The molecule has 57 heavy (non-hydrogen) atoms. The first-order chi connectivity index (χ1) is 27.8. The Hall–Kier alpha value is -4.69. The van der Waals surface area contributed by atoms with Gasteiger partial charge in [-0.15, -0.1) is 0 Å². The van der Waals surface area contributed by atoms with E-state index < -0.39 is 0 Å². The molecule has 1 amide bonds. The Kier molecular flexibility index (Phi) is 12.3. The Balaban J connectivity index is 0.000000163. The van der Waals surface area contributed by atoms with Gasteiger partial charge in [-0.2, -0.15) is 0 Å². The van der Waals surface area contributed by atoms with Crippen LogP contribution < -0.4 is 21.8 Å². The Morgan fingerprint density at radius 1 is 0.702 bits per heavy atom. The molecule has 4 aliphatic rings. The molecule has 0 saturated carbocycles. The van der Waals surface area contributed by atoms with Crippen LogP contribution in [0, 0.1) is 0 Å². The number of hydrogen-bond donors (Lipinski definition) is 4. The summed E-state index contributed by atoms with van der Waals surface area (Å²) in [6.45, 7) is 4.33. The lowest BCUT2D eigenvalue weighted by Crippen LogP contribution is -2.33. The van der Waals surface area contributed by atoms with Crippen molar-refractivity contribution in [3.8, 4) is 11.1 Å². The average Bonchev–Trinajstić information content (AvgIpc) is 4.02. The predicted octanol–water partition coefficient (Wildman–Crippen LogP) is 8.64. The summed E-state index contributed by atoms with van der Waals surface area (Å²) in [4.78, 5) is 54.4. The Morgan fingerprint density at radius 3 is 1.86 bits per heavy atom. The summed E-state index contributed by atoms with van der Waals surface area (Å²) < 4.78 is 7.66. The number of piperidine rings is 1. The molecule has 3 aliphatic heterocycles. The number of ether oxygens (including phenoxy) is 1. The molecule has 1 aliphatic carbocycles. The first-order valence-electron chi connectivity index (χ1n) is 19.8. The van der Waals surface area contributed by atoms with Gasteiger partial charge in [0.15, 0.2) is 0 Å². The van der Waals surface area contributed by atoms with Crippen LogP contribution in [-0.4, -0.2) is 63.7 Å². The van der Waals surface area contributed by atoms with Crippen molar-refractivity contribution in [2.45, 2.75) is 62.9 Å². The van der Waals surface area contributed by atoms with E-state index in [9.17, 15) is 14.4 Å². The van der Waals surface area contributed by atoms with Crippen LogP contribution in [0.15, 0.2) is 103 Å². The molecular weight excluding hydrogens is 850 g/mol. The Labute approximate surface area is 347 Å². The number of rotatable bonds is 4. The van der Waals surface area contributed by atoms with Crippen LogP contribution in [0.2, 0.25) is 0 Å². The molecular formula is C44H45Br2N7O4. The topological polar surface area (TPSA) is 145 Å². The summed E-state index contributed by atoms with van der Waals surface area (Å²) in [5, 5.41) is 7.78. The van der Waals surface area contributed by atoms with Crippen LogP contribution in [0.25, 0.3) is 32.9 Å². The highest BCUT2D eigenvalue weighted by Crippen LogP contribution is 2.44. The van der Waals surface area contributed by atoms with E-state index in [4.69, 9.17) is 4.74 Å². The van der Waals surface area contributed by atoms with Crippen molar-refractivity contribution in [2.24, 2.45) is 0 Å². The van der Waals surface area contributed by atoms with Crippen LogP contribution in [0.1, 0.15) is 85.7 Å². The molecule has 4 N–H and O–H groups in total. The van der Waals surface area contributed by atoms with E-state index >= 15 is 0 Å². The number of aromatic amines is 2. The van der Waals surface area contributed by atoms with Gasteiger partial charge in [-0.25, -0.2) is 14.8 Å². The third-order valence-corrected chi connectivity index (χ3v) is 12.1. The lowest BCUT2D eigenvalue weighted by Gasteiger charge is -2.24. The fraction of sp³-hybridized carbons (Fsp3) is 0.341. The summed E-state index contributed by atoms with van der Waals surface area (Å²) in [6.07, 6.45) is 7.56. The van der Waals surface area contributed by atoms with Crippen molar-refractivity contribution >= 4 is 59.8 Å². The zero-order valence-electron chi connectivity index (χ0n) is 31.5. The molecule has 2 atom stereocenters. The molecule has 13 heteroatoms. The van der Waals surface area contributed by atoms with Gasteiger partial charge in [0, 0.05) is 21.4 Å². The normalized spacial score (nSPS) is 18.7. The number of fused-ring (bicyclic) bond motifs is 5. The van der Waals surface area contributed by atoms with Crippen LogP contribution in [0.3, 0.4) is 0 Å². The van der Waals surface area contributed by atoms with Gasteiger partial charge >= 0.3 is 6.09 Å². The number of nitrogens with one attached hydrogen (secondary N) is 4. The van der Waals surface area contributed by atoms with Crippen molar-refractivity contribution in [3.05, 3.63) is 137 Å². The van der Waals surface area contributed by atoms with E-state index in [1.807, 2.05) is 48.5 Å². The van der Waals surface area contributed by atoms with Crippen LogP contribution in [0.4, 0.5) is 4.79 Å². The first kappa shape index (κ1) is 39.2. The number of benzene rings is 4. The zero-order chi connectivity index (χ0) is 39.3. The van der Waals surface area contributed by atoms with E-state index in [0.29, 0.717) is 28.7 Å². The molecule has 11 nitrogen and oxygen atoms in total. The number of H-pyrrole nitrogens is 2. The minimum atomic E-state index is -0.374.